The van der Waals surface area contributed by atoms with E-state index in [1.807, 2.05) is 6.07 Å². The van der Waals surface area contributed by atoms with Gasteiger partial charge in [-0.2, -0.15) is 0 Å². The zero-order chi connectivity index (χ0) is 9.80. The minimum Gasteiger partial charge on any atom is -0.328 e. The summed E-state index contributed by atoms with van der Waals surface area (Å²) in [5, 5.41) is 0.882. The lowest BCUT2D eigenvalue weighted by atomic mass is 10.1. The molecule has 1 aliphatic rings. The molecule has 2 rings (SSSR count). The second-order valence-electron chi connectivity index (χ2n) is 3.78. The molecule has 0 amide bonds. The molecule has 1 aromatic heterocycles. The first-order valence-electron chi connectivity index (χ1n) is 5.00. The van der Waals surface area contributed by atoms with Crippen LogP contribution in [0.2, 0.25) is 0 Å². The first kappa shape index (κ1) is 9.93. The quantitative estimate of drug-likeness (QED) is 0.608. The van der Waals surface area contributed by atoms with E-state index in [-0.39, 0.29) is 0 Å². The van der Waals surface area contributed by atoms with Crippen LogP contribution < -0.4 is 5.73 Å². The highest BCUT2D eigenvalue weighted by Gasteiger charge is 2.21. The van der Waals surface area contributed by atoms with Gasteiger partial charge in [-0.15, -0.1) is 0 Å². The van der Waals surface area contributed by atoms with Crippen molar-refractivity contribution in [2.24, 2.45) is 11.7 Å². The molecule has 1 fully saturated rings. The number of hydrogen-bond donors (Lipinski definition) is 1. The van der Waals surface area contributed by atoms with E-state index in [1.165, 1.54) is 19.3 Å². The molecule has 0 aromatic carbocycles. The predicted molar refractivity (Wildman–Crippen MR) is 58.1 cm³/mol. The maximum atomic E-state index is 5.85. The summed E-state index contributed by atoms with van der Waals surface area (Å²) < 4.78 is 0. The first-order valence-corrected chi connectivity index (χ1v) is 5.98. The van der Waals surface area contributed by atoms with Crippen molar-refractivity contribution in [3.63, 3.8) is 0 Å². The Morgan fingerprint density at radius 3 is 2.79 bits per heavy atom. The third kappa shape index (κ3) is 2.69. The molecule has 2 N–H and O–H groups in total. The van der Waals surface area contributed by atoms with E-state index in [9.17, 15) is 0 Å². The second kappa shape index (κ2) is 4.75. The van der Waals surface area contributed by atoms with Crippen LogP contribution in [0.15, 0.2) is 23.6 Å². The number of aromatic nitrogens is 2. The summed E-state index contributed by atoms with van der Waals surface area (Å²) in [5.74, 6) is 1.87. The van der Waals surface area contributed by atoms with Gasteiger partial charge in [0.1, 0.15) is 0 Å². The van der Waals surface area contributed by atoms with Crippen molar-refractivity contribution >= 4 is 11.8 Å². The van der Waals surface area contributed by atoms with Gasteiger partial charge >= 0.3 is 0 Å². The van der Waals surface area contributed by atoms with Crippen molar-refractivity contribution in [3.8, 4) is 0 Å². The van der Waals surface area contributed by atoms with E-state index in [1.54, 1.807) is 24.2 Å². The van der Waals surface area contributed by atoms with E-state index in [0.717, 1.165) is 16.8 Å². The number of thioether (sulfide) groups is 1. The molecule has 4 heteroatoms. The van der Waals surface area contributed by atoms with Crippen LogP contribution in [0, 0.1) is 5.92 Å². The van der Waals surface area contributed by atoms with Gasteiger partial charge in [-0.3, -0.25) is 0 Å². The molecule has 14 heavy (non-hydrogen) atoms. The van der Waals surface area contributed by atoms with Gasteiger partial charge in [0.25, 0.3) is 0 Å². The van der Waals surface area contributed by atoms with Crippen LogP contribution in [0.4, 0.5) is 0 Å². The second-order valence-corrected chi connectivity index (χ2v) is 4.77. The summed E-state index contributed by atoms with van der Waals surface area (Å²) in [6.07, 6.45) is 7.19. The molecule has 2 atom stereocenters. The molecule has 1 aromatic rings. The van der Waals surface area contributed by atoms with Crippen LogP contribution in [-0.4, -0.2) is 21.8 Å². The molecular weight excluding hydrogens is 194 g/mol. The Kier molecular flexibility index (Phi) is 3.37. The molecule has 1 heterocycles. The topological polar surface area (TPSA) is 51.8 Å². The fourth-order valence-corrected chi connectivity index (χ4v) is 2.78. The van der Waals surface area contributed by atoms with Crippen molar-refractivity contribution in [2.45, 2.75) is 30.5 Å². The summed E-state index contributed by atoms with van der Waals surface area (Å²) in [5.41, 5.74) is 5.85. The van der Waals surface area contributed by atoms with E-state index >= 15 is 0 Å². The average Bonchev–Trinajstić information content (AvgIpc) is 2.63. The average molecular weight is 209 g/mol. The maximum Gasteiger partial charge on any atom is 0.187 e. The lowest BCUT2D eigenvalue weighted by Gasteiger charge is -2.07. The molecule has 0 radical (unpaired) electrons. The monoisotopic (exact) mass is 209 g/mol. The lowest BCUT2D eigenvalue weighted by Crippen LogP contribution is -2.15. The fourth-order valence-electron chi connectivity index (χ4n) is 1.82. The molecule has 76 valence electrons. The van der Waals surface area contributed by atoms with Crippen LogP contribution in [0.1, 0.15) is 19.3 Å². The largest absolute Gasteiger partial charge is 0.328 e. The normalized spacial score (nSPS) is 26.6. The number of hydrogen-bond acceptors (Lipinski definition) is 4. The summed E-state index contributed by atoms with van der Waals surface area (Å²) in [6, 6.07) is 2.27. The molecule has 0 saturated heterocycles. The van der Waals surface area contributed by atoms with Gasteiger partial charge in [0.2, 0.25) is 0 Å². The number of rotatable bonds is 3. The summed E-state index contributed by atoms with van der Waals surface area (Å²) in [7, 11) is 0. The van der Waals surface area contributed by atoms with Gasteiger partial charge in [0.15, 0.2) is 5.16 Å². The van der Waals surface area contributed by atoms with Crippen LogP contribution in [0.5, 0.6) is 0 Å². The molecule has 0 unspecified atom stereocenters. The predicted octanol–water partition coefficient (Wildman–Crippen LogP) is 1.70. The van der Waals surface area contributed by atoms with Crippen molar-refractivity contribution in [2.75, 3.05) is 5.75 Å². The Labute approximate surface area is 88.5 Å². The highest BCUT2D eigenvalue weighted by atomic mass is 32.2. The van der Waals surface area contributed by atoms with E-state index in [0.29, 0.717) is 6.04 Å². The van der Waals surface area contributed by atoms with Gasteiger partial charge in [0.05, 0.1) is 0 Å². The summed E-state index contributed by atoms with van der Waals surface area (Å²) >= 11 is 1.74. The highest BCUT2D eigenvalue weighted by molar-refractivity contribution is 7.99. The third-order valence-electron chi connectivity index (χ3n) is 2.57. The van der Waals surface area contributed by atoms with E-state index in [4.69, 9.17) is 5.73 Å². The van der Waals surface area contributed by atoms with Gasteiger partial charge < -0.3 is 5.73 Å². The minimum absolute atomic E-state index is 0.428. The zero-order valence-corrected chi connectivity index (χ0v) is 8.91. The van der Waals surface area contributed by atoms with Gasteiger partial charge in [-0.25, -0.2) is 9.97 Å². The number of nitrogens with zero attached hydrogens (tertiary/aromatic N) is 2. The molecule has 1 aliphatic carbocycles. The third-order valence-corrected chi connectivity index (χ3v) is 3.68. The molecular formula is C10H15N3S. The van der Waals surface area contributed by atoms with E-state index < -0.39 is 0 Å². The Morgan fingerprint density at radius 2 is 2.14 bits per heavy atom. The van der Waals surface area contributed by atoms with Crippen LogP contribution in [-0.2, 0) is 0 Å². The fraction of sp³-hybridized carbons (Fsp3) is 0.600. The van der Waals surface area contributed by atoms with Crippen LogP contribution in [0.3, 0.4) is 0 Å². The maximum absolute atomic E-state index is 5.85. The smallest absolute Gasteiger partial charge is 0.187 e. The Balaban J connectivity index is 1.78. The van der Waals surface area contributed by atoms with Crippen LogP contribution in [0.25, 0.3) is 0 Å². The molecule has 0 spiro atoms. The molecule has 0 aliphatic heterocycles. The van der Waals surface area contributed by atoms with Gasteiger partial charge in [-0.05, 0) is 31.2 Å². The van der Waals surface area contributed by atoms with Crippen LogP contribution >= 0.6 is 11.8 Å². The Hall–Kier alpha value is -0.610. The highest BCUT2D eigenvalue weighted by Crippen LogP contribution is 2.28. The first-order chi connectivity index (χ1) is 6.84. The Bertz CT molecular complexity index is 278. The minimum atomic E-state index is 0.428. The zero-order valence-electron chi connectivity index (χ0n) is 8.10. The van der Waals surface area contributed by atoms with Gasteiger partial charge in [-0.1, -0.05) is 11.8 Å². The van der Waals surface area contributed by atoms with Gasteiger partial charge in [0, 0.05) is 24.2 Å². The van der Waals surface area contributed by atoms with E-state index in [2.05, 4.69) is 9.97 Å². The SMILES string of the molecule is N[C@@H]1CC[C@H](CSc2ncccn2)C1. The summed E-state index contributed by atoms with van der Waals surface area (Å²) in [6.45, 7) is 0. The summed E-state index contributed by atoms with van der Waals surface area (Å²) in [4.78, 5) is 8.36. The molecule has 1 saturated carbocycles. The molecule has 0 bridgehead atoms. The standard InChI is InChI=1S/C10H15N3S/c11-9-3-2-8(6-9)7-14-10-12-4-1-5-13-10/h1,4-5,8-9H,2-3,6-7,11H2/t8-,9+/m0/s1. The van der Waals surface area contributed by atoms with Crippen molar-refractivity contribution in [3.05, 3.63) is 18.5 Å². The van der Waals surface area contributed by atoms with Crippen molar-refractivity contribution in [1.82, 2.24) is 9.97 Å². The Morgan fingerprint density at radius 1 is 1.36 bits per heavy atom. The number of nitrogens with two attached hydrogens (primary N) is 1. The van der Waals surface area contributed by atoms with Crippen molar-refractivity contribution < 1.29 is 0 Å². The van der Waals surface area contributed by atoms with Crippen molar-refractivity contribution in [1.29, 1.82) is 0 Å². The lowest BCUT2D eigenvalue weighted by molar-refractivity contribution is 0.603. The molecule has 3 nitrogen and oxygen atoms in total.